The molecule has 3 aromatic heterocycles. The Morgan fingerprint density at radius 1 is 1.38 bits per heavy atom. The topological polar surface area (TPSA) is 69.6 Å². The Kier molecular flexibility index (Phi) is 2.05. The van der Waals surface area contributed by atoms with E-state index in [-0.39, 0.29) is 5.28 Å². The van der Waals surface area contributed by atoms with Crippen LogP contribution in [-0.2, 0) is 0 Å². The third-order valence-corrected chi connectivity index (χ3v) is 3.02. The smallest absolute Gasteiger partial charge is 0.226 e. The summed E-state index contributed by atoms with van der Waals surface area (Å²) in [6, 6.07) is 1.97. The van der Waals surface area contributed by atoms with Crippen molar-refractivity contribution in [2.24, 2.45) is 0 Å². The van der Waals surface area contributed by atoms with E-state index in [1.165, 1.54) is 0 Å². The molecule has 3 heterocycles. The highest BCUT2D eigenvalue weighted by Gasteiger charge is 2.11. The van der Waals surface area contributed by atoms with Crippen LogP contribution in [0, 0.1) is 0 Å². The zero-order valence-electron chi connectivity index (χ0n) is 7.96. The van der Waals surface area contributed by atoms with Gasteiger partial charge in [0.25, 0.3) is 0 Å². The molecule has 80 valence electrons. The molecule has 3 rings (SSSR count). The van der Waals surface area contributed by atoms with Gasteiger partial charge >= 0.3 is 0 Å². The van der Waals surface area contributed by atoms with Gasteiger partial charge in [-0.3, -0.25) is 4.57 Å². The van der Waals surface area contributed by atoms with E-state index in [0.29, 0.717) is 17.0 Å². The maximum atomic E-state index is 5.77. The molecule has 0 aromatic carbocycles. The summed E-state index contributed by atoms with van der Waals surface area (Å²) in [4.78, 5) is 12.2. The van der Waals surface area contributed by atoms with Gasteiger partial charge in [-0.15, -0.1) is 0 Å². The molecule has 7 heteroatoms. The average molecular weight is 252 g/mol. The van der Waals surface area contributed by atoms with Crippen LogP contribution in [0.1, 0.15) is 0 Å². The van der Waals surface area contributed by atoms with Gasteiger partial charge in [0, 0.05) is 5.38 Å². The normalized spacial score (nSPS) is 11.1. The Balaban J connectivity index is 2.35. The number of thiophene rings is 1. The Bertz CT molecular complexity index is 645. The fraction of sp³-hybridized carbons (Fsp3) is 0. The number of nitrogens with two attached hydrogens (primary N) is 1. The number of aromatic nitrogens is 4. The molecular formula is C9H6ClN5S. The lowest BCUT2D eigenvalue weighted by Crippen LogP contribution is -1.97. The number of halogens is 1. The van der Waals surface area contributed by atoms with E-state index >= 15 is 0 Å². The molecule has 0 amide bonds. The Labute approximate surface area is 99.5 Å². The minimum absolute atomic E-state index is 0.127. The van der Waals surface area contributed by atoms with Crippen LogP contribution in [0.3, 0.4) is 0 Å². The molecule has 0 bridgehead atoms. The van der Waals surface area contributed by atoms with Crippen molar-refractivity contribution in [3.05, 3.63) is 28.4 Å². The van der Waals surface area contributed by atoms with Crippen LogP contribution in [0.15, 0.2) is 23.2 Å². The summed E-state index contributed by atoms with van der Waals surface area (Å²) in [7, 11) is 0. The second kappa shape index (κ2) is 3.43. The molecule has 0 spiro atoms. The van der Waals surface area contributed by atoms with E-state index in [4.69, 9.17) is 17.3 Å². The molecule has 0 aliphatic carbocycles. The molecular weight excluding hydrogens is 246 g/mol. The van der Waals surface area contributed by atoms with Crippen LogP contribution < -0.4 is 5.73 Å². The van der Waals surface area contributed by atoms with Crippen LogP contribution in [0.4, 0.5) is 5.82 Å². The Morgan fingerprint density at radius 3 is 3.00 bits per heavy atom. The summed E-state index contributed by atoms with van der Waals surface area (Å²) >= 11 is 7.37. The second-order valence-electron chi connectivity index (χ2n) is 3.15. The third-order valence-electron chi connectivity index (χ3n) is 2.18. The lowest BCUT2D eigenvalue weighted by molar-refractivity contribution is 1.07. The van der Waals surface area contributed by atoms with Crippen LogP contribution in [0.25, 0.3) is 16.9 Å². The van der Waals surface area contributed by atoms with Crippen LogP contribution in [0.5, 0.6) is 0 Å². The molecule has 0 atom stereocenters. The first-order valence-corrected chi connectivity index (χ1v) is 5.76. The molecule has 0 fully saturated rings. The summed E-state index contributed by atoms with van der Waals surface area (Å²) in [5.41, 5.74) is 7.89. The van der Waals surface area contributed by atoms with Gasteiger partial charge in [-0.2, -0.15) is 21.3 Å². The maximum absolute atomic E-state index is 5.77. The zero-order valence-corrected chi connectivity index (χ0v) is 9.53. The van der Waals surface area contributed by atoms with Gasteiger partial charge in [-0.05, 0) is 23.0 Å². The first-order chi connectivity index (χ1) is 7.75. The van der Waals surface area contributed by atoms with Crippen LogP contribution in [0.2, 0.25) is 5.28 Å². The number of nitrogen functional groups attached to an aromatic ring is 1. The average Bonchev–Trinajstić information content (AvgIpc) is 2.83. The lowest BCUT2D eigenvalue weighted by atomic mass is 10.4. The van der Waals surface area contributed by atoms with Crippen molar-refractivity contribution < 1.29 is 0 Å². The second-order valence-corrected chi connectivity index (χ2v) is 4.26. The van der Waals surface area contributed by atoms with E-state index in [9.17, 15) is 0 Å². The van der Waals surface area contributed by atoms with Crippen molar-refractivity contribution in [1.29, 1.82) is 0 Å². The summed E-state index contributed by atoms with van der Waals surface area (Å²) < 4.78 is 1.83. The molecule has 0 aliphatic heterocycles. The van der Waals surface area contributed by atoms with Crippen molar-refractivity contribution in [3.8, 4) is 5.69 Å². The standard InChI is InChI=1S/C9H6ClN5S/c10-9-13-7(11)6-8(14-9)15(4-12-6)5-1-2-16-3-5/h1-4H,(H2,11,13,14). The predicted molar refractivity (Wildman–Crippen MR) is 64.0 cm³/mol. The van der Waals surface area contributed by atoms with Crippen molar-refractivity contribution in [2.75, 3.05) is 5.73 Å². The first kappa shape index (κ1) is 9.56. The van der Waals surface area contributed by atoms with Crippen LogP contribution in [-0.4, -0.2) is 19.5 Å². The van der Waals surface area contributed by atoms with Gasteiger partial charge in [0.05, 0.1) is 5.69 Å². The van der Waals surface area contributed by atoms with Gasteiger partial charge in [-0.25, -0.2) is 4.98 Å². The minimum Gasteiger partial charge on any atom is -0.382 e. The molecule has 0 unspecified atom stereocenters. The van der Waals surface area contributed by atoms with Crippen molar-refractivity contribution in [3.63, 3.8) is 0 Å². The predicted octanol–water partition coefficient (Wildman–Crippen LogP) is 2.11. The van der Waals surface area contributed by atoms with E-state index < -0.39 is 0 Å². The molecule has 2 N–H and O–H groups in total. The minimum atomic E-state index is 0.127. The quantitative estimate of drug-likeness (QED) is 0.673. The number of hydrogen-bond acceptors (Lipinski definition) is 5. The lowest BCUT2D eigenvalue weighted by Gasteiger charge is -2.00. The number of imidazole rings is 1. The molecule has 0 saturated heterocycles. The van der Waals surface area contributed by atoms with E-state index in [0.717, 1.165) is 5.69 Å². The van der Waals surface area contributed by atoms with Gasteiger partial charge in [0.1, 0.15) is 6.33 Å². The van der Waals surface area contributed by atoms with Gasteiger partial charge in [0.2, 0.25) is 5.28 Å². The highest BCUT2D eigenvalue weighted by molar-refractivity contribution is 7.08. The van der Waals surface area contributed by atoms with Gasteiger partial charge in [-0.1, -0.05) is 0 Å². The molecule has 3 aromatic rings. The molecule has 0 aliphatic rings. The molecule has 0 radical (unpaired) electrons. The summed E-state index contributed by atoms with van der Waals surface area (Å²) in [6.45, 7) is 0. The Morgan fingerprint density at radius 2 is 2.25 bits per heavy atom. The van der Waals surface area contributed by atoms with Crippen molar-refractivity contribution in [2.45, 2.75) is 0 Å². The first-order valence-electron chi connectivity index (χ1n) is 4.44. The van der Waals surface area contributed by atoms with Gasteiger partial charge < -0.3 is 5.73 Å². The summed E-state index contributed by atoms with van der Waals surface area (Å²) in [5, 5.41) is 4.10. The molecule has 5 nitrogen and oxygen atoms in total. The zero-order chi connectivity index (χ0) is 11.1. The SMILES string of the molecule is Nc1nc(Cl)nc2c1ncn2-c1ccsc1. The van der Waals surface area contributed by atoms with Crippen LogP contribution >= 0.6 is 22.9 Å². The van der Waals surface area contributed by atoms with Crippen molar-refractivity contribution >= 4 is 39.9 Å². The maximum Gasteiger partial charge on any atom is 0.226 e. The molecule has 0 saturated carbocycles. The monoisotopic (exact) mass is 251 g/mol. The third kappa shape index (κ3) is 1.35. The number of anilines is 1. The van der Waals surface area contributed by atoms with E-state index in [2.05, 4.69) is 15.0 Å². The number of nitrogens with zero attached hydrogens (tertiary/aromatic N) is 4. The number of fused-ring (bicyclic) bond motifs is 1. The molecule has 16 heavy (non-hydrogen) atoms. The van der Waals surface area contributed by atoms with Gasteiger partial charge in [0.15, 0.2) is 17.0 Å². The Hall–Kier alpha value is -1.66. The summed E-state index contributed by atoms with van der Waals surface area (Å²) in [5.74, 6) is 0.295. The fourth-order valence-corrected chi connectivity index (χ4v) is 2.28. The van der Waals surface area contributed by atoms with E-state index in [1.54, 1.807) is 17.7 Å². The highest BCUT2D eigenvalue weighted by Crippen LogP contribution is 2.22. The largest absolute Gasteiger partial charge is 0.382 e. The summed E-state index contributed by atoms with van der Waals surface area (Å²) in [6.07, 6.45) is 1.66. The van der Waals surface area contributed by atoms with Crippen molar-refractivity contribution in [1.82, 2.24) is 19.5 Å². The van der Waals surface area contributed by atoms with E-state index in [1.807, 2.05) is 21.4 Å². The number of rotatable bonds is 1. The highest BCUT2D eigenvalue weighted by atomic mass is 35.5. The number of hydrogen-bond donors (Lipinski definition) is 1. The fourth-order valence-electron chi connectivity index (χ4n) is 1.48.